The first-order valence-electron chi connectivity index (χ1n) is 10.8. The standard InChI is InChI=1S/C22H24ClF3N4O5S/c23-18-9-8-16(22(24,25)26)11-19(18)30(36(34,35)17-6-2-1-3-7-17)14-20(31)29-10-4-5-15(13-29)12-27-21(32)28-33/h1-3,6-9,11,15,33H,4-5,10,12-14H2,(H2,27,28,32). The van der Waals surface area contributed by atoms with Gasteiger partial charge in [0.2, 0.25) is 5.91 Å². The number of alkyl halides is 3. The number of piperidine rings is 1. The van der Waals surface area contributed by atoms with Crippen molar-refractivity contribution in [3.63, 3.8) is 0 Å². The molecule has 0 saturated carbocycles. The van der Waals surface area contributed by atoms with Crippen molar-refractivity contribution < 1.29 is 36.4 Å². The molecule has 196 valence electrons. The lowest BCUT2D eigenvalue weighted by atomic mass is 9.98. The molecular formula is C22H24ClF3N4O5S. The van der Waals surface area contributed by atoms with Crippen LogP contribution in [0.1, 0.15) is 18.4 Å². The van der Waals surface area contributed by atoms with Gasteiger partial charge in [-0.3, -0.25) is 14.3 Å². The molecule has 1 aliphatic heterocycles. The van der Waals surface area contributed by atoms with Crippen LogP contribution < -0.4 is 15.1 Å². The largest absolute Gasteiger partial charge is 0.416 e. The second-order valence-corrected chi connectivity index (χ2v) is 10.4. The molecule has 14 heteroatoms. The molecule has 3 rings (SSSR count). The number of nitrogens with one attached hydrogen (secondary N) is 2. The van der Waals surface area contributed by atoms with Crippen molar-refractivity contribution in [2.75, 3.05) is 30.5 Å². The molecule has 0 aliphatic carbocycles. The number of sulfonamides is 1. The molecule has 1 unspecified atom stereocenters. The smallest absolute Gasteiger partial charge is 0.341 e. The van der Waals surface area contributed by atoms with Gasteiger partial charge in [0.1, 0.15) is 6.54 Å². The molecule has 1 heterocycles. The number of amides is 3. The molecule has 0 radical (unpaired) electrons. The van der Waals surface area contributed by atoms with Crippen molar-refractivity contribution in [1.82, 2.24) is 15.7 Å². The molecule has 0 spiro atoms. The van der Waals surface area contributed by atoms with Gasteiger partial charge in [0.15, 0.2) is 0 Å². The van der Waals surface area contributed by atoms with Gasteiger partial charge < -0.3 is 10.2 Å². The van der Waals surface area contributed by atoms with Crippen molar-refractivity contribution in [3.05, 3.63) is 59.1 Å². The molecule has 2 aromatic rings. The lowest BCUT2D eigenvalue weighted by Gasteiger charge is -2.34. The SMILES string of the molecule is O=C(NO)NCC1CCCN(C(=O)CN(c2cc(C(F)(F)F)ccc2Cl)S(=O)(=O)c2ccccc2)C1. The molecule has 1 saturated heterocycles. The van der Waals surface area contributed by atoms with E-state index in [9.17, 15) is 31.2 Å². The van der Waals surface area contributed by atoms with Crippen molar-refractivity contribution in [1.29, 1.82) is 0 Å². The Morgan fingerprint density at radius 3 is 2.50 bits per heavy atom. The molecule has 1 aliphatic rings. The Bertz CT molecular complexity index is 1200. The third kappa shape index (κ3) is 6.59. The quantitative estimate of drug-likeness (QED) is 0.361. The van der Waals surface area contributed by atoms with Crippen molar-refractivity contribution >= 4 is 39.2 Å². The summed E-state index contributed by atoms with van der Waals surface area (Å²) < 4.78 is 67.7. The zero-order chi connectivity index (χ0) is 26.5. The normalized spacial score (nSPS) is 16.4. The van der Waals surface area contributed by atoms with E-state index < -0.39 is 45.9 Å². The maximum absolute atomic E-state index is 13.5. The van der Waals surface area contributed by atoms with E-state index in [1.54, 1.807) is 6.07 Å². The number of nitrogens with zero attached hydrogens (tertiary/aromatic N) is 2. The van der Waals surface area contributed by atoms with E-state index in [0.717, 1.165) is 12.1 Å². The number of benzene rings is 2. The van der Waals surface area contributed by atoms with Gasteiger partial charge in [-0.15, -0.1) is 0 Å². The van der Waals surface area contributed by atoms with Crippen LogP contribution in [0.4, 0.5) is 23.7 Å². The highest BCUT2D eigenvalue weighted by Gasteiger charge is 2.35. The summed E-state index contributed by atoms with van der Waals surface area (Å²) in [7, 11) is -4.47. The number of carbonyl (C=O) groups excluding carboxylic acids is 2. The van der Waals surface area contributed by atoms with E-state index in [-0.39, 0.29) is 28.9 Å². The summed E-state index contributed by atoms with van der Waals surface area (Å²) in [5.41, 5.74) is -0.152. The maximum Gasteiger partial charge on any atom is 0.416 e. The van der Waals surface area contributed by atoms with Crippen molar-refractivity contribution in [3.8, 4) is 0 Å². The molecule has 0 bridgehead atoms. The van der Waals surface area contributed by atoms with Gasteiger partial charge in [0.05, 0.1) is 21.2 Å². The fraction of sp³-hybridized carbons (Fsp3) is 0.364. The number of hydrogen-bond donors (Lipinski definition) is 3. The van der Waals surface area contributed by atoms with Crippen LogP contribution in [0.5, 0.6) is 0 Å². The second kappa shape index (κ2) is 11.4. The van der Waals surface area contributed by atoms with E-state index in [4.69, 9.17) is 16.8 Å². The summed E-state index contributed by atoms with van der Waals surface area (Å²) in [6.07, 6.45) is -3.53. The Hall–Kier alpha value is -3.03. The van der Waals surface area contributed by atoms with Crippen LogP contribution in [0.2, 0.25) is 5.02 Å². The van der Waals surface area contributed by atoms with Crippen LogP contribution in [0, 0.1) is 5.92 Å². The molecule has 3 amide bonds. The average molecular weight is 549 g/mol. The summed E-state index contributed by atoms with van der Waals surface area (Å²) >= 11 is 6.15. The Morgan fingerprint density at radius 1 is 1.17 bits per heavy atom. The number of carbonyl (C=O) groups is 2. The third-order valence-corrected chi connectivity index (χ3v) is 7.77. The minimum absolute atomic E-state index is 0.154. The van der Waals surface area contributed by atoms with Gasteiger partial charge in [-0.2, -0.15) is 13.2 Å². The topological polar surface area (TPSA) is 119 Å². The predicted molar refractivity (Wildman–Crippen MR) is 125 cm³/mol. The summed E-state index contributed by atoms with van der Waals surface area (Å²) in [5.74, 6) is -0.810. The lowest BCUT2D eigenvalue weighted by molar-refractivity contribution is -0.137. The van der Waals surface area contributed by atoms with Crippen LogP contribution in [0.25, 0.3) is 0 Å². The van der Waals surface area contributed by atoms with Crippen LogP contribution in [0.15, 0.2) is 53.4 Å². The Morgan fingerprint density at radius 2 is 1.86 bits per heavy atom. The third-order valence-electron chi connectivity index (χ3n) is 5.68. The fourth-order valence-electron chi connectivity index (χ4n) is 3.86. The highest BCUT2D eigenvalue weighted by Crippen LogP contribution is 2.37. The number of urea groups is 1. The lowest BCUT2D eigenvalue weighted by Crippen LogP contribution is -2.49. The van der Waals surface area contributed by atoms with Crippen molar-refractivity contribution in [2.45, 2.75) is 23.9 Å². The predicted octanol–water partition coefficient (Wildman–Crippen LogP) is 3.48. The monoisotopic (exact) mass is 548 g/mol. The molecular weight excluding hydrogens is 525 g/mol. The van der Waals surface area contributed by atoms with Gasteiger partial charge in [-0.05, 0) is 49.1 Å². The molecule has 9 nitrogen and oxygen atoms in total. The fourth-order valence-corrected chi connectivity index (χ4v) is 5.57. The van der Waals surface area contributed by atoms with Gasteiger partial charge in [0.25, 0.3) is 10.0 Å². The van der Waals surface area contributed by atoms with Crippen LogP contribution in [0.3, 0.4) is 0 Å². The Balaban J connectivity index is 1.93. The second-order valence-electron chi connectivity index (χ2n) is 8.16. The van der Waals surface area contributed by atoms with Crippen LogP contribution in [-0.4, -0.2) is 56.6 Å². The number of likely N-dealkylation sites (tertiary alicyclic amines) is 1. The van der Waals surface area contributed by atoms with Crippen LogP contribution in [-0.2, 0) is 21.0 Å². The zero-order valence-corrected chi connectivity index (χ0v) is 20.4. The minimum Gasteiger partial charge on any atom is -0.341 e. The number of rotatable bonds is 7. The van der Waals surface area contributed by atoms with Gasteiger partial charge in [0, 0.05) is 19.6 Å². The maximum atomic E-state index is 13.5. The Labute approximate surface area is 210 Å². The molecule has 0 aromatic heterocycles. The Kier molecular flexibility index (Phi) is 8.69. The molecule has 36 heavy (non-hydrogen) atoms. The summed E-state index contributed by atoms with van der Waals surface area (Å²) in [6, 6.07) is 8.47. The molecule has 1 fully saturated rings. The molecule has 2 aromatic carbocycles. The zero-order valence-electron chi connectivity index (χ0n) is 18.8. The summed E-state index contributed by atoms with van der Waals surface area (Å²) in [6.45, 7) is -0.144. The van der Waals surface area contributed by atoms with E-state index in [1.165, 1.54) is 34.6 Å². The van der Waals surface area contributed by atoms with E-state index >= 15 is 0 Å². The van der Waals surface area contributed by atoms with E-state index in [0.29, 0.717) is 29.8 Å². The van der Waals surface area contributed by atoms with Crippen molar-refractivity contribution in [2.24, 2.45) is 5.92 Å². The molecule has 1 atom stereocenters. The number of hydrogen-bond acceptors (Lipinski definition) is 5. The van der Waals surface area contributed by atoms with Gasteiger partial charge >= 0.3 is 12.2 Å². The summed E-state index contributed by atoms with van der Waals surface area (Å²) in [4.78, 5) is 25.6. The highest BCUT2D eigenvalue weighted by atomic mass is 35.5. The molecule has 3 N–H and O–H groups in total. The van der Waals surface area contributed by atoms with Gasteiger partial charge in [-0.1, -0.05) is 29.8 Å². The van der Waals surface area contributed by atoms with Gasteiger partial charge in [-0.25, -0.2) is 18.7 Å². The number of halogens is 4. The first kappa shape index (κ1) is 27.6. The first-order valence-corrected chi connectivity index (χ1v) is 12.7. The summed E-state index contributed by atoms with van der Waals surface area (Å²) in [5, 5.41) is 10.8. The van der Waals surface area contributed by atoms with E-state index in [2.05, 4.69) is 5.32 Å². The average Bonchev–Trinajstić information content (AvgIpc) is 2.86. The first-order chi connectivity index (χ1) is 16.9. The van der Waals surface area contributed by atoms with Crippen LogP contribution >= 0.6 is 11.6 Å². The highest BCUT2D eigenvalue weighted by molar-refractivity contribution is 7.92. The number of anilines is 1. The van der Waals surface area contributed by atoms with E-state index in [1.807, 2.05) is 0 Å². The number of hydroxylamine groups is 1. The minimum atomic E-state index is -4.76.